The summed E-state index contributed by atoms with van der Waals surface area (Å²) in [6.07, 6.45) is 0. The number of carboxylic acids is 1. The Hall–Kier alpha value is -3.60. The smallest absolute Gasteiger partial charge is 0.336 e. The maximum Gasteiger partial charge on any atom is 0.336 e. The van der Waals surface area contributed by atoms with Gasteiger partial charge in [-0.3, -0.25) is 4.79 Å². The summed E-state index contributed by atoms with van der Waals surface area (Å²) < 4.78 is 5.09. The largest absolute Gasteiger partial charge is 0.497 e. The maximum absolute atomic E-state index is 12.8. The first kappa shape index (κ1) is 18.2. The van der Waals surface area contributed by atoms with E-state index in [1.165, 1.54) is 6.07 Å². The van der Waals surface area contributed by atoms with E-state index in [0.29, 0.717) is 17.0 Å². The fraction of sp³-hybridized carbons (Fsp3) is 0.0909. The van der Waals surface area contributed by atoms with Gasteiger partial charge in [-0.1, -0.05) is 18.2 Å². The number of carbonyl (C=O) groups excluding carboxylic acids is 1. The molecule has 5 heteroatoms. The summed E-state index contributed by atoms with van der Waals surface area (Å²) in [6, 6.07) is 21.0. The molecule has 0 aliphatic rings. The number of anilines is 2. The number of methoxy groups -OCH3 is 1. The van der Waals surface area contributed by atoms with Gasteiger partial charge in [0.2, 0.25) is 0 Å². The molecule has 3 aromatic rings. The zero-order valence-corrected chi connectivity index (χ0v) is 15.0. The minimum absolute atomic E-state index is 0.0314. The second-order valence-corrected chi connectivity index (χ2v) is 5.99. The summed E-state index contributed by atoms with van der Waals surface area (Å²) in [4.78, 5) is 26.5. The van der Waals surface area contributed by atoms with Crippen molar-refractivity contribution in [3.05, 3.63) is 89.5 Å². The van der Waals surface area contributed by atoms with E-state index in [-0.39, 0.29) is 16.9 Å². The van der Waals surface area contributed by atoms with Crippen LogP contribution in [0, 0.1) is 0 Å². The number of para-hydroxylation sites is 1. The van der Waals surface area contributed by atoms with Crippen LogP contribution in [0.25, 0.3) is 0 Å². The molecule has 0 aliphatic carbocycles. The number of ketones is 1. The van der Waals surface area contributed by atoms with Gasteiger partial charge in [0.15, 0.2) is 5.78 Å². The Bertz CT molecular complexity index is 965. The molecule has 0 atom stereocenters. The number of hydrogen-bond donors (Lipinski definition) is 1. The number of aromatic carboxylic acids is 1. The van der Waals surface area contributed by atoms with Gasteiger partial charge in [0.1, 0.15) is 5.75 Å². The van der Waals surface area contributed by atoms with Gasteiger partial charge in [-0.15, -0.1) is 0 Å². The Morgan fingerprint density at radius 2 is 1.52 bits per heavy atom. The zero-order valence-electron chi connectivity index (χ0n) is 15.0. The molecular formula is C22H19NO4. The van der Waals surface area contributed by atoms with Crippen LogP contribution in [0.5, 0.6) is 5.75 Å². The Morgan fingerprint density at radius 3 is 2.11 bits per heavy atom. The number of benzene rings is 3. The predicted octanol–water partition coefficient (Wildman–Crippen LogP) is 4.39. The third-order valence-electron chi connectivity index (χ3n) is 4.36. The van der Waals surface area contributed by atoms with Crippen LogP contribution in [0.2, 0.25) is 0 Å². The van der Waals surface area contributed by atoms with Crippen LogP contribution < -0.4 is 9.64 Å². The average molecular weight is 361 g/mol. The van der Waals surface area contributed by atoms with Crippen LogP contribution in [0.15, 0.2) is 72.8 Å². The summed E-state index contributed by atoms with van der Waals surface area (Å²) >= 11 is 0. The number of nitrogens with zero attached hydrogens (tertiary/aromatic N) is 1. The summed E-state index contributed by atoms with van der Waals surface area (Å²) in [5, 5.41) is 9.63. The van der Waals surface area contributed by atoms with Gasteiger partial charge in [-0.2, -0.15) is 0 Å². The summed E-state index contributed by atoms with van der Waals surface area (Å²) in [5.41, 5.74) is 2.13. The van der Waals surface area contributed by atoms with E-state index < -0.39 is 5.97 Å². The Morgan fingerprint density at radius 1 is 0.852 bits per heavy atom. The molecule has 0 saturated heterocycles. The zero-order chi connectivity index (χ0) is 19.4. The van der Waals surface area contributed by atoms with Crippen molar-refractivity contribution in [3.8, 4) is 5.75 Å². The minimum atomic E-state index is -1.14. The molecule has 3 aromatic carbocycles. The number of hydrogen-bond acceptors (Lipinski definition) is 4. The van der Waals surface area contributed by atoms with Crippen molar-refractivity contribution in [3.63, 3.8) is 0 Å². The second-order valence-electron chi connectivity index (χ2n) is 5.99. The molecule has 0 amide bonds. The van der Waals surface area contributed by atoms with Crippen LogP contribution in [0.1, 0.15) is 26.3 Å². The molecule has 136 valence electrons. The van der Waals surface area contributed by atoms with Crippen molar-refractivity contribution in [2.75, 3.05) is 19.1 Å². The van der Waals surface area contributed by atoms with Gasteiger partial charge in [0, 0.05) is 29.5 Å². The lowest BCUT2D eigenvalue weighted by molar-refractivity contribution is 0.0693. The van der Waals surface area contributed by atoms with Gasteiger partial charge in [-0.25, -0.2) is 4.79 Å². The van der Waals surface area contributed by atoms with E-state index >= 15 is 0 Å². The molecule has 0 bridgehead atoms. The number of ether oxygens (including phenoxy) is 1. The van der Waals surface area contributed by atoms with Crippen LogP contribution in [0.4, 0.5) is 11.4 Å². The second kappa shape index (κ2) is 7.74. The Kier molecular flexibility index (Phi) is 5.22. The van der Waals surface area contributed by atoms with Crippen molar-refractivity contribution in [2.24, 2.45) is 0 Å². The number of carbonyl (C=O) groups is 2. The van der Waals surface area contributed by atoms with E-state index in [2.05, 4.69) is 0 Å². The molecule has 0 unspecified atom stereocenters. The first-order chi connectivity index (χ1) is 13.0. The highest BCUT2D eigenvalue weighted by atomic mass is 16.5. The number of carboxylic acid groups (broad SMARTS) is 1. The van der Waals surface area contributed by atoms with E-state index in [4.69, 9.17) is 4.74 Å². The van der Waals surface area contributed by atoms with E-state index in [0.717, 1.165) is 5.69 Å². The van der Waals surface area contributed by atoms with Crippen LogP contribution in [0.3, 0.4) is 0 Å². The highest BCUT2D eigenvalue weighted by Gasteiger charge is 2.20. The molecule has 0 radical (unpaired) electrons. The Balaban J connectivity index is 1.98. The van der Waals surface area contributed by atoms with Gasteiger partial charge in [0.25, 0.3) is 0 Å². The Labute approximate surface area is 157 Å². The monoisotopic (exact) mass is 361 g/mol. The molecule has 0 aromatic heterocycles. The molecule has 0 saturated carbocycles. The lowest BCUT2D eigenvalue weighted by Crippen LogP contribution is -2.14. The number of rotatable bonds is 6. The standard InChI is InChI=1S/C22H19NO4/c1-23(16-6-4-3-5-7-16)17-10-13-19(20(14-17)22(25)26)21(24)15-8-11-18(27-2)12-9-15/h3-14H,1-2H3,(H,25,26). The van der Waals surface area contributed by atoms with Gasteiger partial charge >= 0.3 is 5.97 Å². The fourth-order valence-electron chi connectivity index (χ4n) is 2.81. The molecule has 0 fully saturated rings. The van der Waals surface area contributed by atoms with Crippen LogP contribution in [-0.2, 0) is 0 Å². The van der Waals surface area contributed by atoms with Crippen molar-refractivity contribution >= 4 is 23.1 Å². The lowest BCUT2D eigenvalue weighted by atomic mass is 9.97. The summed E-state index contributed by atoms with van der Waals surface area (Å²) in [5.74, 6) is -0.857. The molecule has 27 heavy (non-hydrogen) atoms. The normalized spacial score (nSPS) is 10.3. The molecular weight excluding hydrogens is 342 g/mol. The lowest BCUT2D eigenvalue weighted by Gasteiger charge is -2.20. The van der Waals surface area contributed by atoms with Crippen LogP contribution >= 0.6 is 0 Å². The molecule has 5 nitrogen and oxygen atoms in total. The van der Waals surface area contributed by atoms with E-state index in [1.807, 2.05) is 42.3 Å². The minimum Gasteiger partial charge on any atom is -0.497 e. The third kappa shape index (κ3) is 3.82. The van der Waals surface area contributed by atoms with Gasteiger partial charge in [-0.05, 0) is 54.6 Å². The van der Waals surface area contributed by atoms with E-state index in [9.17, 15) is 14.7 Å². The summed E-state index contributed by atoms with van der Waals surface area (Å²) in [7, 11) is 3.39. The quantitative estimate of drug-likeness (QED) is 0.660. The van der Waals surface area contributed by atoms with Crippen molar-refractivity contribution in [1.29, 1.82) is 0 Å². The first-order valence-electron chi connectivity index (χ1n) is 8.36. The SMILES string of the molecule is COc1ccc(C(=O)c2ccc(N(C)c3ccccc3)cc2C(=O)O)cc1. The topological polar surface area (TPSA) is 66.8 Å². The molecule has 0 spiro atoms. The summed E-state index contributed by atoms with van der Waals surface area (Å²) in [6.45, 7) is 0. The first-order valence-corrected chi connectivity index (χ1v) is 8.36. The fourth-order valence-corrected chi connectivity index (χ4v) is 2.81. The molecule has 3 rings (SSSR count). The van der Waals surface area contributed by atoms with Crippen molar-refractivity contribution in [2.45, 2.75) is 0 Å². The maximum atomic E-state index is 12.8. The van der Waals surface area contributed by atoms with E-state index in [1.54, 1.807) is 43.5 Å². The third-order valence-corrected chi connectivity index (χ3v) is 4.36. The molecule has 0 heterocycles. The predicted molar refractivity (Wildman–Crippen MR) is 104 cm³/mol. The van der Waals surface area contributed by atoms with Gasteiger partial charge < -0.3 is 14.7 Å². The van der Waals surface area contributed by atoms with Gasteiger partial charge in [0.05, 0.1) is 12.7 Å². The van der Waals surface area contributed by atoms with Crippen molar-refractivity contribution in [1.82, 2.24) is 0 Å². The molecule has 0 aliphatic heterocycles. The van der Waals surface area contributed by atoms with Crippen LogP contribution in [-0.4, -0.2) is 31.0 Å². The highest BCUT2D eigenvalue weighted by Crippen LogP contribution is 2.27. The van der Waals surface area contributed by atoms with Crippen molar-refractivity contribution < 1.29 is 19.4 Å². The average Bonchev–Trinajstić information content (AvgIpc) is 2.73. The highest BCUT2D eigenvalue weighted by molar-refractivity contribution is 6.14. The molecule has 1 N–H and O–H groups in total.